The molecule has 140 valence electrons. The molecular formula is C20H20ClN3O2S. The largest absolute Gasteiger partial charge is 0.348 e. The van der Waals surface area contributed by atoms with Gasteiger partial charge in [0.1, 0.15) is 0 Å². The Hall–Kier alpha value is -2.31. The first-order valence-electron chi connectivity index (χ1n) is 8.41. The molecule has 2 aromatic carbocycles. The number of aryl methyl sites for hydroxylation is 1. The summed E-state index contributed by atoms with van der Waals surface area (Å²) < 4.78 is 1.59. The van der Waals surface area contributed by atoms with Crippen molar-refractivity contribution in [2.24, 2.45) is 0 Å². The third-order valence-electron chi connectivity index (χ3n) is 4.44. The van der Waals surface area contributed by atoms with Gasteiger partial charge in [-0.15, -0.1) is 0 Å². The maximum absolute atomic E-state index is 13.3. The quantitative estimate of drug-likeness (QED) is 0.492. The van der Waals surface area contributed by atoms with Gasteiger partial charge in [0.15, 0.2) is 5.16 Å². The predicted octanol–water partition coefficient (Wildman–Crippen LogP) is 3.84. The van der Waals surface area contributed by atoms with E-state index in [1.807, 2.05) is 32.0 Å². The second-order valence-corrected chi connectivity index (χ2v) is 7.87. The van der Waals surface area contributed by atoms with Crippen LogP contribution in [0.15, 0.2) is 46.3 Å². The van der Waals surface area contributed by atoms with E-state index in [0.717, 1.165) is 16.8 Å². The molecular weight excluding hydrogens is 382 g/mol. The van der Waals surface area contributed by atoms with Crippen molar-refractivity contribution < 1.29 is 4.79 Å². The smallest absolute Gasteiger partial charge is 0.266 e. The molecule has 0 N–H and O–H groups in total. The van der Waals surface area contributed by atoms with Gasteiger partial charge < -0.3 is 4.90 Å². The fourth-order valence-electron chi connectivity index (χ4n) is 2.68. The van der Waals surface area contributed by atoms with E-state index < -0.39 is 0 Å². The average Bonchev–Trinajstić information content (AvgIpc) is 2.62. The molecule has 3 aromatic rings. The van der Waals surface area contributed by atoms with E-state index in [9.17, 15) is 9.59 Å². The molecule has 0 unspecified atom stereocenters. The van der Waals surface area contributed by atoms with E-state index in [0.29, 0.717) is 21.1 Å². The lowest BCUT2D eigenvalue weighted by atomic mass is 10.1. The van der Waals surface area contributed by atoms with Gasteiger partial charge in [0.2, 0.25) is 5.91 Å². The Morgan fingerprint density at radius 2 is 1.96 bits per heavy atom. The average molecular weight is 402 g/mol. The highest BCUT2D eigenvalue weighted by Crippen LogP contribution is 2.25. The van der Waals surface area contributed by atoms with E-state index >= 15 is 0 Å². The van der Waals surface area contributed by atoms with Gasteiger partial charge in [-0.05, 0) is 49.2 Å². The summed E-state index contributed by atoms with van der Waals surface area (Å²) >= 11 is 7.32. The minimum absolute atomic E-state index is 0.0482. The second-order valence-electron chi connectivity index (χ2n) is 6.49. The molecule has 0 aliphatic rings. The van der Waals surface area contributed by atoms with Crippen molar-refractivity contribution in [3.05, 3.63) is 62.9 Å². The zero-order valence-electron chi connectivity index (χ0n) is 15.6. The van der Waals surface area contributed by atoms with E-state index in [-0.39, 0.29) is 17.2 Å². The summed E-state index contributed by atoms with van der Waals surface area (Å²) in [7, 11) is 3.41. The zero-order chi connectivity index (χ0) is 19.7. The van der Waals surface area contributed by atoms with Gasteiger partial charge in [0.25, 0.3) is 5.56 Å². The third-order valence-corrected chi connectivity index (χ3v) is 5.60. The fraction of sp³-hybridized carbons (Fsp3) is 0.250. The van der Waals surface area contributed by atoms with Gasteiger partial charge in [0, 0.05) is 19.1 Å². The summed E-state index contributed by atoms with van der Waals surface area (Å²) in [5.74, 6) is 0.143. The predicted molar refractivity (Wildman–Crippen MR) is 111 cm³/mol. The van der Waals surface area contributed by atoms with Crippen LogP contribution in [0.25, 0.3) is 16.6 Å². The molecule has 1 amide bonds. The number of amides is 1. The van der Waals surface area contributed by atoms with Crippen molar-refractivity contribution >= 4 is 40.2 Å². The normalized spacial score (nSPS) is 11.0. The molecule has 0 fully saturated rings. The number of carbonyl (C=O) groups is 1. The van der Waals surface area contributed by atoms with Crippen molar-refractivity contribution in [3.63, 3.8) is 0 Å². The first kappa shape index (κ1) is 19.5. The lowest BCUT2D eigenvalue weighted by Crippen LogP contribution is -2.26. The molecule has 0 spiro atoms. The molecule has 5 nitrogen and oxygen atoms in total. The summed E-state index contributed by atoms with van der Waals surface area (Å²) in [5, 5.41) is 1.47. The lowest BCUT2D eigenvalue weighted by molar-refractivity contribution is -0.125. The number of carbonyl (C=O) groups excluding carboxylic acids is 1. The van der Waals surface area contributed by atoms with Gasteiger partial charge in [-0.2, -0.15) is 0 Å². The number of aromatic nitrogens is 2. The summed E-state index contributed by atoms with van der Waals surface area (Å²) in [5.41, 5.74) is 3.19. The van der Waals surface area contributed by atoms with Gasteiger partial charge in [-0.25, -0.2) is 4.98 Å². The maximum atomic E-state index is 13.3. The lowest BCUT2D eigenvalue weighted by Gasteiger charge is -2.17. The molecule has 7 heteroatoms. The minimum atomic E-state index is -0.176. The fourth-order valence-corrected chi connectivity index (χ4v) is 3.83. The van der Waals surface area contributed by atoms with Crippen molar-refractivity contribution in [1.29, 1.82) is 0 Å². The number of halogens is 1. The Balaban J connectivity index is 2.25. The van der Waals surface area contributed by atoms with Crippen LogP contribution in [0.2, 0.25) is 5.02 Å². The van der Waals surface area contributed by atoms with Crippen molar-refractivity contribution in [2.75, 3.05) is 19.8 Å². The highest BCUT2D eigenvalue weighted by Gasteiger charge is 2.17. The van der Waals surface area contributed by atoms with Gasteiger partial charge in [0.05, 0.1) is 22.3 Å². The highest BCUT2D eigenvalue weighted by atomic mass is 35.5. The molecule has 0 aliphatic carbocycles. The molecule has 0 atom stereocenters. The van der Waals surface area contributed by atoms with Crippen molar-refractivity contribution in [3.8, 4) is 5.69 Å². The van der Waals surface area contributed by atoms with Crippen LogP contribution in [-0.4, -0.2) is 40.2 Å². The van der Waals surface area contributed by atoms with Gasteiger partial charge in [-0.3, -0.25) is 14.2 Å². The van der Waals surface area contributed by atoms with Crippen LogP contribution < -0.4 is 5.56 Å². The molecule has 0 radical (unpaired) electrons. The Labute approximate surface area is 167 Å². The Bertz CT molecular complexity index is 1090. The number of fused-ring (bicyclic) bond motifs is 1. The van der Waals surface area contributed by atoms with Crippen LogP contribution >= 0.6 is 23.4 Å². The molecule has 0 aliphatic heterocycles. The standard InChI is InChI=1S/C20H20ClN3O2S/c1-12-6-5-7-17(13(12)2)24-19(26)15-9-8-14(21)10-16(15)22-20(24)27-11-18(25)23(3)4/h5-10H,11H2,1-4H3. The third kappa shape index (κ3) is 3.87. The minimum Gasteiger partial charge on any atom is -0.348 e. The molecule has 1 heterocycles. The number of hydrogen-bond donors (Lipinski definition) is 0. The summed E-state index contributed by atoms with van der Waals surface area (Å²) in [6.45, 7) is 3.98. The van der Waals surface area contributed by atoms with Crippen LogP contribution in [0.5, 0.6) is 0 Å². The molecule has 0 saturated heterocycles. The Morgan fingerprint density at radius 1 is 1.22 bits per heavy atom. The Morgan fingerprint density at radius 3 is 2.67 bits per heavy atom. The van der Waals surface area contributed by atoms with Crippen molar-refractivity contribution in [1.82, 2.24) is 14.5 Å². The zero-order valence-corrected chi connectivity index (χ0v) is 17.2. The van der Waals surface area contributed by atoms with Crippen molar-refractivity contribution in [2.45, 2.75) is 19.0 Å². The molecule has 27 heavy (non-hydrogen) atoms. The number of rotatable bonds is 4. The van der Waals surface area contributed by atoms with Crippen LogP contribution in [-0.2, 0) is 4.79 Å². The summed E-state index contributed by atoms with van der Waals surface area (Å²) in [6.07, 6.45) is 0. The maximum Gasteiger partial charge on any atom is 0.266 e. The molecule has 1 aromatic heterocycles. The summed E-state index contributed by atoms with van der Waals surface area (Å²) in [6, 6.07) is 10.8. The molecule has 0 saturated carbocycles. The van der Waals surface area contributed by atoms with E-state index in [1.165, 1.54) is 16.7 Å². The van der Waals surface area contributed by atoms with E-state index in [2.05, 4.69) is 4.98 Å². The number of thioether (sulfide) groups is 1. The Kier molecular flexibility index (Phi) is 5.58. The van der Waals surface area contributed by atoms with Crippen LogP contribution in [0.3, 0.4) is 0 Å². The first-order chi connectivity index (χ1) is 12.8. The number of nitrogens with zero attached hydrogens (tertiary/aromatic N) is 3. The first-order valence-corrected chi connectivity index (χ1v) is 9.78. The second kappa shape index (κ2) is 7.74. The molecule has 3 rings (SSSR count). The topological polar surface area (TPSA) is 55.2 Å². The summed E-state index contributed by atoms with van der Waals surface area (Å²) in [4.78, 5) is 31.5. The van der Waals surface area contributed by atoms with Crippen LogP contribution in [0, 0.1) is 13.8 Å². The van der Waals surface area contributed by atoms with E-state index in [1.54, 1.807) is 36.9 Å². The van der Waals surface area contributed by atoms with Gasteiger partial charge in [-0.1, -0.05) is 35.5 Å². The van der Waals surface area contributed by atoms with E-state index in [4.69, 9.17) is 11.6 Å². The highest BCUT2D eigenvalue weighted by molar-refractivity contribution is 7.99. The monoisotopic (exact) mass is 401 g/mol. The molecule has 0 bridgehead atoms. The number of benzene rings is 2. The SMILES string of the molecule is Cc1cccc(-n2c(SCC(=O)N(C)C)nc3cc(Cl)ccc3c2=O)c1C. The van der Waals surface area contributed by atoms with Crippen LogP contribution in [0.4, 0.5) is 0 Å². The number of hydrogen-bond acceptors (Lipinski definition) is 4. The van der Waals surface area contributed by atoms with Gasteiger partial charge >= 0.3 is 0 Å². The van der Waals surface area contributed by atoms with Crippen LogP contribution in [0.1, 0.15) is 11.1 Å².